The highest BCUT2D eigenvalue weighted by Gasteiger charge is 2.30. The van der Waals surface area contributed by atoms with E-state index in [-0.39, 0.29) is 10.9 Å². The number of benzene rings is 3. The summed E-state index contributed by atoms with van der Waals surface area (Å²) in [5, 5.41) is 0. The van der Waals surface area contributed by atoms with E-state index in [9.17, 15) is 17.4 Å². The lowest BCUT2D eigenvalue weighted by Crippen LogP contribution is -2.08. The van der Waals surface area contributed by atoms with Crippen molar-refractivity contribution in [2.75, 3.05) is 6.61 Å². The van der Waals surface area contributed by atoms with Gasteiger partial charge in [-0.2, -0.15) is 13.2 Å². The average molecular weight is 415 g/mol. The molecule has 4 rings (SSSR count). The second-order valence-electron chi connectivity index (χ2n) is 6.46. The lowest BCUT2D eigenvalue weighted by Gasteiger charge is -2.10. The van der Waals surface area contributed by atoms with Crippen LogP contribution in [0.3, 0.4) is 0 Å². The summed E-state index contributed by atoms with van der Waals surface area (Å²) < 4.78 is 57.2. The molecular formula is C22H16F3NO2S. The van der Waals surface area contributed by atoms with Crippen LogP contribution in [0.15, 0.2) is 93.6 Å². The van der Waals surface area contributed by atoms with Gasteiger partial charge in [0.25, 0.3) is 0 Å². The Morgan fingerprint density at radius 3 is 2.24 bits per heavy atom. The minimum Gasteiger partial charge on any atom is -0.475 e. The molecule has 0 fully saturated rings. The molecule has 0 spiro atoms. The molecule has 3 aromatic carbocycles. The summed E-state index contributed by atoms with van der Waals surface area (Å²) in [6.07, 6.45) is -4.43. The normalized spacial score (nSPS) is 17.5. The van der Waals surface area contributed by atoms with Gasteiger partial charge in [-0.3, -0.25) is 0 Å². The van der Waals surface area contributed by atoms with Crippen LogP contribution >= 0.6 is 0 Å². The van der Waals surface area contributed by atoms with Crippen LogP contribution in [0, 0.1) is 0 Å². The van der Waals surface area contributed by atoms with Crippen molar-refractivity contribution in [2.45, 2.75) is 22.0 Å². The molecule has 1 aliphatic rings. The molecule has 0 aliphatic carbocycles. The molecule has 1 aliphatic heterocycles. The Hall–Kier alpha value is -2.93. The molecule has 0 N–H and O–H groups in total. The minimum atomic E-state index is -4.43. The van der Waals surface area contributed by atoms with Crippen molar-refractivity contribution in [2.24, 2.45) is 4.99 Å². The first-order valence-corrected chi connectivity index (χ1v) is 10.0. The fourth-order valence-electron chi connectivity index (χ4n) is 3.07. The van der Waals surface area contributed by atoms with Crippen molar-refractivity contribution in [3.05, 3.63) is 95.6 Å². The Morgan fingerprint density at radius 2 is 1.55 bits per heavy atom. The quantitative estimate of drug-likeness (QED) is 0.573. The van der Waals surface area contributed by atoms with E-state index in [4.69, 9.17) is 4.74 Å². The highest BCUT2D eigenvalue weighted by Crippen LogP contribution is 2.31. The summed E-state index contributed by atoms with van der Waals surface area (Å²) in [6.45, 7) is 0.376. The number of hydrogen-bond acceptors (Lipinski definition) is 3. The fourth-order valence-corrected chi connectivity index (χ4v) is 4.26. The van der Waals surface area contributed by atoms with Gasteiger partial charge < -0.3 is 4.74 Å². The fraction of sp³-hybridized carbons (Fsp3) is 0.136. The molecular weight excluding hydrogens is 399 g/mol. The van der Waals surface area contributed by atoms with Crippen molar-refractivity contribution in [1.29, 1.82) is 0 Å². The predicted molar refractivity (Wildman–Crippen MR) is 104 cm³/mol. The lowest BCUT2D eigenvalue weighted by atomic mass is 10.1. The smallest absolute Gasteiger partial charge is 0.416 e. The monoisotopic (exact) mass is 415 g/mol. The maximum atomic E-state index is 13.1. The third-order valence-corrected chi connectivity index (χ3v) is 6.00. The third kappa shape index (κ3) is 4.10. The summed E-state index contributed by atoms with van der Waals surface area (Å²) >= 11 is 0. The van der Waals surface area contributed by atoms with E-state index >= 15 is 0 Å². The molecule has 0 saturated carbocycles. The number of halogens is 3. The molecule has 0 aromatic heterocycles. The molecule has 29 heavy (non-hydrogen) atoms. The Bertz CT molecular complexity index is 1060. The summed E-state index contributed by atoms with van der Waals surface area (Å²) in [4.78, 5) is 5.35. The van der Waals surface area contributed by atoms with E-state index < -0.39 is 22.5 Å². The molecule has 0 amide bonds. The number of hydrogen-bond donors (Lipinski definition) is 0. The molecule has 1 heterocycles. The number of alkyl halides is 3. The minimum absolute atomic E-state index is 0.154. The van der Waals surface area contributed by atoms with Gasteiger partial charge in [-0.1, -0.05) is 42.5 Å². The zero-order valence-corrected chi connectivity index (χ0v) is 15.9. The second-order valence-corrected chi connectivity index (χ2v) is 7.91. The van der Waals surface area contributed by atoms with Crippen LogP contribution in [0.1, 0.15) is 22.7 Å². The number of rotatable bonds is 4. The van der Waals surface area contributed by atoms with Gasteiger partial charge in [0.2, 0.25) is 5.90 Å². The van der Waals surface area contributed by atoms with Crippen LogP contribution in [0.2, 0.25) is 0 Å². The molecule has 0 radical (unpaired) electrons. The van der Waals surface area contributed by atoms with Crippen molar-refractivity contribution in [3.63, 3.8) is 0 Å². The average Bonchev–Trinajstić information content (AvgIpc) is 3.23. The van der Waals surface area contributed by atoms with Gasteiger partial charge in [-0.05, 0) is 42.0 Å². The van der Waals surface area contributed by atoms with Gasteiger partial charge in [-0.15, -0.1) is 0 Å². The van der Waals surface area contributed by atoms with Crippen LogP contribution in [0.5, 0.6) is 0 Å². The highest BCUT2D eigenvalue weighted by molar-refractivity contribution is 7.85. The first-order valence-electron chi connectivity index (χ1n) is 8.87. The molecule has 3 nitrogen and oxygen atoms in total. The van der Waals surface area contributed by atoms with Gasteiger partial charge in [0.1, 0.15) is 12.6 Å². The zero-order valence-electron chi connectivity index (χ0n) is 15.1. The number of ether oxygens (including phenoxy) is 1. The topological polar surface area (TPSA) is 38.7 Å². The van der Waals surface area contributed by atoms with E-state index in [1.807, 2.05) is 30.3 Å². The zero-order chi connectivity index (χ0) is 20.4. The van der Waals surface area contributed by atoms with Crippen molar-refractivity contribution >= 4 is 16.7 Å². The lowest BCUT2D eigenvalue weighted by molar-refractivity contribution is -0.137. The van der Waals surface area contributed by atoms with Gasteiger partial charge in [-0.25, -0.2) is 9.20 Å². The molecule has 148 valence electrons. The van der Waals surface area contributed by atoms with E-state index in [0.717, 1.165) is 17.7 Å². The van der Waals surface area contributed by atoms with E-state index in [1.54, 1.807) is 24.3 Å². The standard InChI is InChI=1S/C22H16F3NO2S/c23-22(24,25)16-10-12-17(13-11-16)29(27)20-9-5-4-8-18(20)21-26-19(14-28-21)15-6-2-1-3-7-15/h1-13,19H,14H2/t19?,29-/m1/s1. The van der Waals surface area contributed by atoms with Gasteiger partial charge in [0.05, 0.1) is 26.8 Å². The molecule has 3 aromatic rings. The van der Waals surface area contributed by atoms with Gasteiger partial charge in [0, 0.05) is 4.90 Å². The molecule has 1 unspecified atom stereocenters. The predicted octanol–water partition coefficient (Wildman–Crippen LogP) is 5.39. The van der Waals surface area contributed by atoms with E-state index in [1.165, 1.54) is 12.1 Å². The maximum absolute atomic E-state index is 13.1. The summed E-state index contributed by atoms with van der Waals surface area (Å²) in [7, 11) is -1.67. The summed E-state index contributed by atoms with van der Waals surface area (Å²) in [6, 6.07) is 20.8. The third-order valence-electron chi connectivity index (χ3n) is 4.55. The van der Waals surface area contributed by atoms with Crippen molar-refractivity contribution in [1.82, 2.24) is 0 Å². The Morgan fingerprint density at radius 1 is 0.897 bits per heavy atom. The Balaban J connectivity index is 1.64. The van der Waals surface area contributed by atoms with Crippen LogP contribution in [0.25, 0.3) is 0 Å². The van der Waals surface area contributed by atoms with Crippen molar-refractivity contribution in [3.8, 4) is 0 Å². The summed E-state index contributed by atoms with van der Waals surface area (Å²) in [5.74, 6) is 0.384. The molecule has 7 heteroatoms. The number of aliphatic imine (C=N–C) groups is 1. The van der Waals surface area contributed by atoms with Gasteiger partial charge in [0.15, 0.2) is 0 Å². The molecule has 0 bridgehead atoms. The van der Waals surface area contributed by atoms with Gasteiger partial charge >= 0.3 is 6.18 Å². The molecule has 2 atom stereocenters. The van der Waals surface area contributed by atoms with E-state index in [2.05, 4.69) is 4.99 Å². The Labute approximate surface area is 168 Å². The second kappa shape index (κ2) is 7.83. The van der Waals surface area contributed by atoms with Crippen LogP contribution in [-0.4, -0.2) is 16.7 Å². The SMILES string of the molecule is O=[S@](c1ccc(C(F)(F)F)cc1)c1ccccc1C1=NC(c2ccccc2)CO1. The maximum Gasteiger partial charge on any atom is 0.416 e. The number of nitrogens with zero attached hydrogens (tertiary/aromatic N) is 1. The first-order chi connectivity index (χ1) is 13.9. The summed E-state index contributed by atoms with van der Waals surface area (Å²) in [5.41, 5.74) is 0.814. The largest absolute Gasteiger partial charge is 0.475 e. The van der Waals surface area contributed by atoms with Crippen LogP contribution < -0.4 is 0 Å². The Kier molecular flexibility index (Phi) is 5.24. The van der Waals surface area contributed by atoms with Crippen LogP contribution in [0.4, 0.5) is 13.2 Å². The highest BCUT2D eigenvalue weighted by atomic mass is 32.2. The molecule has 0 saturated heterocycles. The van der Waals surface area contributed by atoms with Crippen LogP contribution in [-0.2, 0) is 21.7 Å². The first kappa shape index (κ1) is 19.4. The van der Waals surface area contributed by atoms with E-state index in [0.29, 0.717) is 23.0 Å². The van der Waals surface area contributed by atoms with Crippen molar-refractivity contribution < 1.29 is 22.1 Å².